The quantitative estimate of drug-likeness (QED) is 0.529. The Morgan fingerprint density at radius 3 is 2.50 bits per heavy atom. The number of nitro groups is 1. The van der Waals surface area contributed by atoms with E-state index in [-0.39, 0.29) is 15.7 Å². The lowest BCUT2D eigenvalue weighted by molar-refractivity contribution is -0.385. The maximum absolute atomic E-state index is 12.1. The molecule has 110 valence electrons. The van der Waals surface area contributed by atoms with Crippen LogP contribution in [0.3, 0.4) is 0 Å². The number of rotatable bonds is 6. The second-order valence-electron chi connectivity index (χ2n) is 4.33. The standard InChI is InChI=1S/C12H15BrN2O5/c1-2-12(6-16,7-17)14-11(18)8-3-4-9(13)10(5-8)15(19)20/h3-5,16-17H,2,6-7H2,1H3,(H,14,18). The van der Waals surface area contributed by atoms with E-state index >= 15 is 0 Å². The van der Waals surface area contributed by atoms with Crippen molar-refractivity contribution in [3.63, 3.8) is 0 Å². The number of nitrogens with one attached hydrogen (secondary N) is 1. The van der Waals surface area contributed by atoms with Crippen molar-refractivity contribution >= 4 is 27.5 Å². The molecule has 0 unspecified atom stereocenters. The van der Waals surface area contributed by atoms with Crippen LogP contribution in [0.1, 0.15) is 23.7 Å². The van der Waals surface area contributed by atoms with Gasteiger partial charge in [-0.05, 0) is 34.5 Å². The van der Waals surface area contributed by atoms with E-state index in [9.17, 15) is 25.1 Å². The van der Waals surface area contributed by atoms with Crippen molar-refractivity contribution in [1.29, 1.82) is 0 Å². The predicted octanol–water partition coefficient (Wildman–Crippen LogP) is 1.22. The van der Waals surface area contributed by atoms with Crippen LogP contribution in [0.15, 0.2) is 22.7 Å². The monoisotopic (exact) mass is 346 g/mol. The molecule has 7 nitrogen and oxygen atoms in total. The van der Waals surface area contributed by atoms with Crippen LogP contribution in [0.25, 0.3) is 0 Å². The van der Waals surface area contributed by atoms with Gasteiger partial charge in [-0.1, -0.05) is 6.92 Å². The van der Waals surface area contributed by atoms with Crippen molar-refractivity contribution in [2.24, 2.45) is 0 Å². The molecule has 8 heteroatoms. The molecule has 0 saturated heterocycles. The van der Waals surface area contributed by atoms with Gasteiger partial charge in [0.2, 0.25) is 0 Å². The Balaban J connectivity index is 3.04. The third kappa shape index (κ3) is 3.53. The Bertz CT molecular complexity index is 508. The molecule has 0 saturated carbocycles. The first kappa shape index (κ1) is 16.5. The molecular weight excluding hydrogens is 332 g/mol. The molecule has 0 aliphatic carbocycles. The molecule has 1 aromatic rings. The summed E-state index contributed by atoms with van der Waals surface area (Å²) in [4.78, 5) is 22.3. The number of amides is 1. The Kier molecular flexibility index (Phi) is 5.61. The number of carbonyl (C=O) groups excluding carboxylic acids is 1. The van der Waals surface area contributed by atoms with Gasteiger partial charge in [0, 0.05) is 11.6 Å². The van der Waals surface area contributed by atoms with Gasteiger partial charge in [0.1, 0.15) is 0 Å². The van der Waals surface area contributed by atoms with Crippen molar-refractivity contribution in [3.8, 4) is 0 Å². The zero-order chi connectivity index (χ0) is 15.3. The largest absolute Gasteiger partial charge is 0.394 e. The van der Waals surface area contributed by atoms with E-state index in [1.807, 2.05) is 0 Å². The Morgan fingerprint density at radius 2 is 2.05 bits per heavy atom. The number of benzene rings is 1. The topological polar surface area (TPSA) is 113 Å². The minimum atomic E-state index is -1.14. The van der Waals surface area contributed by atoms with Gasteiger partial charge in [-0.15, -0.1) is 0 Å². The maximum atomic E-state index is 12.1. The molecule has 0 aromatic heterocycles. The number of carbonyl (C=O) groups is 1. The van der Waals surface area contributed by atoms with Gasteiger partial charge < -0.3 is 15.5 Å². The lowest BCUT2D eigenvalue weighted by Gasteiger charge is -2.29. The highest BCUT2D eigenvalue weighted by molar-refractivity contribution is 9.10. The van der Waals surface area contributed by atoms with Crippen molar-refractivity contribution < 1.29 is 19.9 Å². The van der Waals surface area contributed by atoms with Crippen LogP contribution in [-0.2, 0) is 0 Å². The first-order chi connectivity index (χ1) is 9.39. The van der Waals surface area contributed by atoms with Crippen LogP contribution in [0.4, 0.5) is 5.69 Å². The maximum Gasteiger partial charge on any atom is 0.284 e. The third-order valence-electron chi connectivity index (χ3n) is 3.07. The van der Waals surface area contributed by atoms with Crippen molar-refractivity contribution in [1.82, 2.24) is 5.32 Å². The number of nitrogens with zero attached hydrogens (tertiary/aromatic N) is 1. The minimum Gasteiger partial charge on any atom is -0.394 e. The fraction of sp³-hybridized carbons (Fsp3) is 0.417. The van der Waals surface area contributed by atoms with Gasteiger partial charge >= 0.3 is 0 Å². The predicted molar refractivity (Wildman–Crippen MR) is 75.5 cm³/mol. The summed E-state index contributed by atoms with van der Waals surface area (Å²) in [5.41, 5.74) is -1.29. The highest BCUT2D eigenvalue weighted by Gasteiger charge is 2.29. The summed E-state index contributed by atoms with van der Waals surface area (Å²) in [6, 6.07) is 3.95. The second kappa shape index (κ2) is 6.78. The lowest BCUT2D eigenvalue weighted by Crippen LogP contribution is -2.53. The van der Waals surface area contributed by atoms with E-state index in [2.05, 4.69) is 21.2 Å². The second-order valence-corrected chi connectivity index (χ2v) is 5.18. The lowest BCUT2D eigenvalue weighted by atomic mass is 9.98. The molecule has 0 radical (unpaired) electrons. The van der Waals surface area contributed by atoms with Crippen molar-refractivity contribution in [2.45, 2.75) is 18.9 Å². The number of aliphatic hydroxyl groups excluding tert-OH is 2. The molecule has 20 heavy (non-hydrogen) atoms. The third-order valence-corrected chi connectivity index (χ3v) is 3.74. The fourth-order valence-electron chi connectivity index (χ4n) is 1.55. The molecule has 0 aliphatic rings. The molecule has 0 aliphatic heterocycles. The van der Waals surface area contributed by atoms with Gasteiger partial charge in [0.15, 0.2) is 0 Å². The van der Waals surface area contributed by atoms with Gasteiger partial charge in [-0.3, -0.25) is 14.9 Å². The van der Waals surface area contributed by atoms with Crippen LogP contribution < -0.4 is 5.32 Å². The van der Waals surface area contributed by atoms with Crippen LogP contribution >= 0.6 is 15.9 Å². The first-order valence-corrected chi connectivity index (χ1v) is 6.66. The van der Waals surface area contributed by atoms with Gasteiger partial charge in [0.25, 0.3) is 11.6 Å². The van der Waals surface area contributed by atoms with Crippen LogP contribution in [0, 0.1) is 10.1 Å². The Labute approximate surface area is 123 Å². The van der Waals surface area contributed by atoms with Crippen molar-refractivity contribution in [3.05, 3.63) is 38.3 Å². The molecule has 0 spiro atoms. The number of aliphatic hydroxyl groups is 2. The van der Waals surface area contributed by atoms with E-state index in [1.54, 1.807) is 6.92 Å². The Morgan fingerprint density at radius 1 is 1.45 bits per heavy atom. The van der Waals surface area contributed by atoms with E-state index in [4.69, 9.17) is 0 Å². The zero-order valence-corrected chi connectivity index (χ0v) is 12.4. The number of hydrogen-bond acceptors (Lipinski definition) is 5. The molecule has 3 N–H and O–H groups in total. The van der Waals surface area contributed by atoms with E-state index in [1.165, 1.54) is 12.1 Å². The normalized spacial score (nSPS) is 11.2. The molecule has 0 atom stereocenters. The molecular formula is C12H15BrN2O5. The number of nitro benzene ring substituents is 1. The number of halogens is 1. The zero-order valence-electron chi connectivity index (χ0n) is 10.8. The summed E-state index contributed by atoms with van der Waals surface area (Å²) in [6.45, 7) is 0.853. The van der Waals surface area contributed by atoms with Crippen molar-refractivity contribution in [2.75, 3.05) is 13.2 Å². The smallest absolute Gasteiger partial charge is 0.284 e. The van der Waals surface area contributed by atoms with E-state index in [0.29, 0.717) is 6.42 Å². The molecule has 0 heterocycles. The molecule has 0 fully saturated rings. The average Bonchev–Trinajstić information content (AvgIpc) is 2.45. The van der Waals surface area contributed by atoms with E-state index < -0.39 is 29.6 Å². The van der Waals surface area contributed by atoms with Crippen LogP contribution in [-0.4, -0.2) is 39.8 Å². The van der Waals surface area contributed by atoms with Gasteiger partial charge in [-0.2, -0.15) is 0 Å². The van der Waals surface area contributed by atoms with Gasteiger partial charge in [0.05, 0.1) is 28.1 Å². The molecule has 1 aromatic carbocycles. The average molecular weight is 347 g/mol. The Hall–Kier alpha value is -1.51. The molecule has 1 rings (SSSR count). The summed E-state index contributed by atoms with van der Waals surface area (Å²) < 4.78 is 0.269. The summed E-state index contributed by atoms with van der Waals surface area (Å²) in [7, 11) is 0. The minimum absolute atomic E-state index is 0.0830. The van der Waals surface area contributed by atoms with Crippen LogP contribution in [0.2, 0.25) is 0 Å². The highest BCUT2D eigenvalue weighted by atomic mass is 79.9. The first-order valence-electron chi connectivity index (χ1n) is 5.87. The number of hydrogen-bond donors (Lipinski definition) is 3. The molecule has 1 amide bonds. The van der Waals surface area contributed by atoms with Crippen LogP contribution in [0.5, 0.6) is 0 Å². The summed E-state index contributed by atoms with van der Waals surface area (Å²) in [6.07, 6.45) is 0.324. The fourth-order valence-corrected chi connectivity index (χ4v) is 1.94. The SMILES string of the molecule is CCC(CO)(CO)NC(=O)c1ccc(Br)c([N+](=O)[O-])c1. The van der Waals surface area contributed by atoms with Gasteiger partial charge in [-0.25, -0.2) is 0 Å². The summed E-state index contributed by atoms with van der Waals surface area (Å²) >= 11 is 3.03. The summed E-state index contributed by atoms with van der Waals surface area (Å²) in [5.74, 6) is -0.592. The molecule has 0 bridgehead atoms. The van der Waals surface area contributed by atoms with E-state index in [0.717, 1.165) is 6.07 Å². The summed E-state index contributed by atoms with van der Waals surface area (Å²) in [5, 5.41) is 31.9. The highest BCUT2D eigenvalue weighted by Crippen LogP contribution is 2.25.